The van der Waals surface area contributed by atoms with Crippen molar-refractivity contribution in [1.82, 2.24) is 19.8 Å². The van der Waals surface area contributed by atoms with Gasteiger partial charge in [0.2, 0.25) is 11.8 Å². The molecule has 0 saturated carbocycles. The number of hydroxylamine groups is 3. The number of aromatic nitrogens is 2. The molecule has 0 bridgehead atoms. The molecule has 6 N–H and O–H groups in total. The van der Waals surface area contributed by atoms with Gasteiger partial charge in [-0.3, -0.25) is 29.2 Å². The molecular formula is C45H38N6O8. The molecule has 0 aliphatic carbocycles. The molecule has 14 nitrogen and oxygen atoms in total. The number of amides is 4. The molecular weight excluding hydrogens is 753 g/mol. The number of ether oxygens (including phenoxy) is 1. The maximum atomic E-state index is 13.8. The van der Waals surface area contributed by atoms with Gasteiger partial charge in [-0.1, -0.05) is 84.9 Å². The van der Waals surface area contributed by atoms with Gasteiger partial charge >= 0.3 is 0 Å². The van der Waals surface area contributed by atoms with Crippen LogP contribution in [0.4, 0.5) is 0 Å². The average molecular weight is 791 g/mol. The molecule has 1 atom stereocenters. The number of carbonyl (C=O) groups excluding carboxylic acids is 4. The van der Waals surface area contributed by atoms with Crippen molar-refractivity contribution in [2.75, 3.05) is 7.11 Å². The zero-order chi connectivity index (χ0) is 41.2. The number of nitrogens with two attached hydrogens (primary N) is 2. The fraction of sp³-hybridized carbons (Fsp3) is 0.111. The first-order valence-corrected chi connectivity index (χ1v) is 18.6. The molecule has 0 aliphatic rings. The third kappa shape index (κ3) is 7.25. The molecule has 8 rings (SSSR count). The Morgan fingerprint density at radius 2 is 1.05 bits per heavy atom. The van der Waals surface area contributed by atoms with Crippen molar-refractivity contribution in [2.24, 2.45) is 11.5 Å². The zero-order valence-electron chi connectivity index (χ0n) is 31.7. The van der Waals surface area contributed by atoms with Crippen LogP contribution in [-0.2, 0) is 27.5 Å². The van der Waals surface area contributed by atoms with Gasteiger partial charge in [0, 0.05) is 35.0 Å². The molecule has 0 saturated heterocycles. The first-order valence-electron chi connectivity index (χ1n) is 18.6. The van der Waals surface area contributed by atoms with E-state index in [2.05, 4.69) is 5.48 Å². The number of hydrogen-bond donors (Lipinski definition) is 4. The highest BCUT2D eigenvalue weighted by atomic mass is 16.9. The molecule has 4 amide bonds. The number of nitrogens with zero attached hydrogens (tertiary/aromatic N) is 3. The molecule has 0 radical (unpaired) electrons. The largest absolute Gasteiger partial charge is 0.479 e. The van der Waals surface area contributed by atoms with Crippen molar-refractivity contribution in [3.05, 3.63) is 156 Å². The van der Waals surface area contributed by atoms with E-state index >= 15 is 0 Å². The van der Waals surface area contributed by atoms with Gasteiger partial charge in [0.1, 0.15) is 5.75 Å². The fourth-order valence-corrected chi connectivity index (χ4v) is 7.65. The van der Waals surface area contributed by atoms with Gasteiger partial charge in [0.15, 0.2) is 11.9 Å². The van der Waals surface area contributed by atoms with Crippen molar-refractivity contribution in [2.45, 2.75) is 25.6 Å². The summed E-state index contributed by atoms with van der Waals surface area (Å²) >= 11 is 0. The maximum Gasteiger partial charge on any atom is 0.289 e. The lowest BCUT2D eigenvalue weighted by atomic mass is 10.1. The summed E-state index contributed by atoms with van der Waals surface area (Å²) in [6.07, 6.45) is -2.31. The minimum atomic E-state index is -1.58. The second kappa shape index (κ2) is 16.1. The second-order valence-electron chi connectivity index (χ2n) is 13.8. The highest BCUT2D eigenvalue weighted by Crippen LogP contribution is 2.40. The number of carbonyl (C=O) groups is 4. The van der Waals surface area contributed by atoms with E-state index in [1.807, 2.05) is 94.1 Å². The second-order valence-corrected chi connectivity index (χ2v) is 13.8. The lowest BCUT2D eigenvalue weighted by Gasteiger charge is -2.21. The summed E-state index contributed by atoms with van der Waals surface area (Å²) in [4.78, 5) is 63.5. The Bertz CT molecular complexity index is 2910. The van der Waals surface area contributed by atoms with Crippen LogP contribution in [0, 0.1) is 0 Å². The van der Waals surface area contributed by atoms with Crippen molar-refractivity contribution in [1.29, 1.82) is 0 Å². The first kappa shape index (κ1) is 38.2. The Balaban J connectivity index is 1.15. The Kier molecular flexibility index (Phi) is 10.4. The number of fused-ring (bicyclic) bond motifs is 6. The Hall–Kier alpha value is -7.68. The molecule has 296 valence electrons. The van der Waals surface area contributed by atoms with Crippen LogP contribution in [0.2, 0.25) is 0 Å². The van der Waals surface area contributed by atoms with Crippen LogP contribution in [0.5, 0.6) is 11.5 Å². The SMILES string of the molecule is CONC(=O)C(CC(=O)N(O)Oc1cccc2c1c1c(C(N)=O)cccc1n2Cc1ccccc1)Oc1cccc2c1c1c(C(N)=O)cccc1n2Cc1ccccc1. The van der Waals surface area contributed by atoms with Crippen molar-refractivity contribution >= 4 is 67.2 Å². The Labute approximate surface area is 336 Å². The van der Waals surface area contributed by atoms with E-state index in [0.717, 1.165) is 11.1 Å². The molecule has 0 fully saturated rings. The number of benzene rings is 6. The summed E-state index contributed by atoms with van der Waals surface area (Å²) in [5, 5.41) is 13.1. The molecule has 2 aromatic heterocycles. The van der Waals surface area contributed by atoms with Gasteiger partial charge in [-0.15, -0.1) is 0 Å². The number of rotatable bonds is 14. The summed E-state index contributed by atoms with van der Waals surface area (Å²) in [5.74, 6) is -3.03. The smallest absolute Gasteiger partial charge is 0.289 e. The normalized spacial score (nSPS) is 11.8. The monoisotopic (exact) mass is 790 g/mol. The Morgan fingerprint density at radius 3 is 1.53 bits per heavy atom. The molecule has 1 unspecified atom stereocenters. The molecule has 8 aromatic rings. The van der Waals surface area contributed by atoms with Crippen molar-refractivity contribution in [3.63, 3.8) is 0 Å². The van der Waals surface area contributed by atoms with Gasteiger partial charge in [0.25, 0.3) is 11.8 Å². The van der Waals surface area contributed by atoms with Crippen LogP contribution in [0.1, 0.15) is 38.3 Å². The third-order valence-electron chi connectivity index (χ3n) is 10.2. The van der Waals surface area contributed by atoms with Crippen LogP contribution < -0.4 is 26.5 Å². The van der Waals surface area contributed by atoms with E-state index in [4.69, 9.17) is 25.9 Å². The van der Waals surface area contributed by atoms with E-state index in [-0.39, 0.29) is 27.9 Å². The van der Waals surface area contributed by atoms with Crippen molar-refractivity contribution < 1.29 is 38.8 Å². The predicted octanol–water partition coefficient (Wildman–Crippen LogP) is 6.22. The van der Waals surface area contributed by atoms with Gasteiger partial charge in [0.05, 0.1) is 46.4 Å². The predicted molar refractivity (Wildman–Crippen MR) is 220 cm³/mol. The van der Waals surface area contributed by atoms with E-state index in [1.54, 1.807) is 42.5 Å². The summed E-state index contributed by atoms with van der Waals surface area (Å²) in [6.45, 7) is 0.870. The molecule has 59 heavy (non-hydrogen) atoms. The molecule has 6 aromatic carbocycles. The number of hydrogen-bond acceptors (Lipinski definition) is 8. The van der Waals surface area contributed by atoms with Gasteiger partial charge in [-0.05, 0) is 64.9 Å². The van der Waals surface area contributed by atoms with Crippen LogP contribution >= 0.6 is 0 Å². The molecule has 14 heteroatoms. The van der Waals surface area contributed by atoms with E-state index in [9.17, 15) is 24.4 Å². The minimum absolute atomic E-state index is 0.0238. The topological polar surface area (TPSA) is 193 Å². The Morgan fingerprint density at radius 1 is 0.610 bits per heavy atom. The van der Waals surface area contributed by atoms with Gasteiger partial charge in [-0.25, -0.2) is 5.48 Å². The molecule has 0 aliphatic heterocycles. The zero-order valence-corrected chi connectivity index (χ0v) is 31.7. The summed E-state index contributed by atoms with van der Waals surface area (Å²) in [5.41, 5.74) is 19.1. The van der Waals surface area contributed by atoms with Crippen LogP contribution in [0.15, 0.2) is 133 Å². The summed E-state index contributed by atoms with van der Waals surface area (Å²) < 4.78 is 10.3. The first-order chi connectivity index (χ1) is 28.6. The van der Waals surface area contributed by atoms with Crippen LogP contribution in [0.3, 0.4) is 0 Å². The van der Waals surface area contributed by atoms with Gasteiger partial charge in [-0.2, -0.15) is 0 Å². The standard InChI is InChI=1S/C45H38N6O8/c1-57-48-45(55)37(58-35-22-10-20-33-41(35)39-29(43(46)53)16-8-18-31(39)49(33)25-27-12-4-2-5-13-27)24-38(52)51(56)59-36-23-11-21-34-42(36)40-30(44(47)54)17-9-19-32(40)50(34)26-28-14-6-3-7-15-28/h2-23,37,56H,24-26H2,1H3,(H2,46,53)(H2,47,54)(H,48,55). The van der Waals surface area contributed by atoms with Gasteiger partial charge < -0.3 is 30.2 Å². The molecule has 2 heterocycles. The molecule has 0 spiro atoms. The van der Waals surface area contributed by atoms with E-state index in [1.165, 1.54) is 13.2 Å². The minimum Gasteiger partial charge on any atom is -0.479 e. The third-order valence-corrected chi connectivity index (χ3v) is 10.2. The fourth-order valence-electron chi connectivity index (χ4n) is 7.65. The lowest BCUT2D eigenvalue weighted by molar-refractivity contribution is -0.265. The number of primary amides is 2. The van der Waals surface area contributed by atoms with E-state index in [0.29, 0.717) is 56.7 Å². The highest BCUT2D eigenvalue weighted by molar-refractivity contribution is 6.21. The summed E-state index contributed by atoms with van der Waals surface area (Å²) in [6, 6.07) is 40.1. The van der Waals surface area contributed by atoms with Crippen molar-refractivity contribution in [3.8, 4) is 11.5 Å². The summed E-state index contributed by atoms with van der Waals surface area (Å²) in [7, 11) is 1.23. The quantitative estimate of drug-likeness (QED) is 0.0736. The highest BCUT2D eigenvalue weighted by Gasteiger charge is 2.31. The van der Waals surface area contributed by atoms with Crippen LogP contribution in [-0.4, -0.2) is 56.4 Å². The lowest BCUT2D eigenvalue weighted by Crippen LogP contribution is -2.42. The maximum absolute atomic E-state index is 13.8. The van der Waals surface area contributed by atoms with Crippen LogP contribution in [0.25, 0.3) is 43.6 Å². The average Bonchev–Trinajstić information content (AvgIpc) is 3.74. The van der Waals surface area contributed by atoms with E-state index < -0.39 is 36.2 Å². The number of nitrogens with one attached hydrogen (secondary N) is 1.